The second-order valence-corrected chi connectivity index (χ2v) is 9.36. The lowest BCUT2D eigenvalue weighted by molar-refractivity contribution is 0.526. The Hall–Kier alpha value is -0.860. The molecule has 1 aliphatic rings. The SMILES string of the molecule is CCCCSCCSC1(C(C)C)c2ccccc2-c2ccccc21. The van der Waals surface area contributed by atoms with Crippen molar-refractivity contribution in [1.29, 1.82) is 0 Å². The second-order valence-electron chi connectivity index (χ2n) is 6.80. The van der Waals surface area contributed by atoms with Gasteiger partial charge in [0, 0.05) is 11.5 Å². The molecule has 0 amide bonds. The van der Waals surface area contributed by atoms with Crippen LogP contribution in [0.15, 0.2) is 48.5 Å². The van der Waals surface area contributed by atoms with Crippen LogP contribution in [-0.4, -0.2) is 17.3 Å². The van der Waals surface area contributed by atoms with Gasteiger partial charge in [-0.15, -0.1) is 11.8 Å². The van der Waals surface area contributed by atoms with E-state index in [1.165, 1.54) is 52.4 Å². The van der Waals surface area contributed by atoms with Gasteiger partial charge < -0.3 is 0 Å². The van der Waals surface area contributed by atoms with E-state index in [9.17, 15) is 0 Å². The van der Waals surface area contributed by atoms with Gasteiger partial charge >= 0.3 is 0 Å². The molecule has 0 heterocycles. The Balaban J connectivity index is 1.89. The minimum absolute atomic E-state index is 0.110. The summed E-state index contributed by atoms with van der Waals surface area (Å²) in [6, 6.07) is 18.1. The van der Waals surface area contributed by atoms with E-state index in [4.69, 9.17) is 0 Å². The van der Waals surface area contributed by atoms with E-state index in [0.29, 0.717) is 5.92 Å². The van der Waals surface area contributed by atoms with E-state index in [1.807, 2.05) is 0 Å². The molecule has 2 aromatic rings. The number of thioether (sulfide) groups is 2. The molecule has 0 nitrogen and oxygen atoms in total. The molecule has 0 aliphatic heterocycles. The summed E-state index contributed by atoms with van der Waals surface area (Å²) >= 11 is 4.28. The Labute approximate surface area is 155 Å². The van der Waals surface area contributed by atoms with Crippen LogP contribution in [0.25, 0.3) is 11.1 Å². The fourth-order valence-corrected chi connectivity index (χ4v) is 6.61. The van der Waals surface area contributed by atoms with E-state index in [0.717, 1.165) is 0 Å². The van der Waals surface area contributed by atoms with Gasteiger partial charge in [0.25, 0.3) is 0 Å². The van der Waals surface area contributed by atoms with E-state index < -0.39 is 0 Å². The lowest BCUT2D eigenvalue weighted by atomic mass is 9.85. The van der Waals surface area contributed by atoms with Crippen molar-refractivity contribution in [2.75, 3.05) is 17.3 Å². The van der Waals surface area contributed by atoms with Gasteiger partial charge in [-0.1, -0.05) is 75.7 Å². The number of rotatable bonds is 8. The molecule has 1 aliphatic carbocycles. The smallest absolute Gasteiger partial charge is 0.0692 e. The molecule has 2 aromatic carbocycles. The lowest BCUT2D eigenvalue weighted by Gasteiger charge is -2.35. The Kier molecular flexibility index (Phi) is 5.99. The molecule has 0 aromatic heterocycles. The number of hydrogen-bond acceptors (Lipinski definition) is 2. The summed E-state index contributed by atoms with van der Waals surface area (Å²) in [7, 11) is 0. The minimum atomic E-state index is 0.110. The molecule has 0 radical (unpaired) electrons. The standard InChI is InChI=1S/C22H28S2/c1-4-5-14-23-15-16-24-22(17(2)3)20-12-8-6-10-18(20)19-11-7-9-13-21(19)22/h6-13,17H,4-5,14-16H2,1-3H3. The van der Waals surface area contributed by atoms with Crippen molar-refractivity contribution < 1.29 is 0 Å². The maximum Gasteiger partial charge on any atom is 0.0692 e. The average Bonchev–Trinajstić information content (AvgIpc) is 2.90. The van der Waals surface area contributed by atoms with Crippen LogP contribution in [0.3, 0.4) is 0 Å². The molecular weight excluding hydrogens is 328 g/mol. The van der Waals surface area contributed by atoms with Crippen molar-refractivity contribution in [2.45, 2.75) is 38.4 Å². The van der Waals surface area contributed by atoms with Crippen LogP contribution in [0.1, 0.15) is 44.7 Å². The van der Waals surface area contributed by atoms with Gasteiger partial charge in [-0.3, -0.25) is 0 Å². The van der Waals surface area contributed by atoms with Gasteiger partial charge in [-0.25, -0.2) is 0 Å². The quantitative estimate of drug-likeness (QED) is 0.475. The van der Waals surface area contributed by atoms with Gasteiger partial charge in [-0.2, -0.15) is 11.8 Å². The van der Waals surface area contributed by atoms with Crippen LogP contribution in [0.5, 0.6) is 0 Å². The minimum Gasteiger partial charge on any atom is -0.161 e. The van der Waals surface area contributed by atoms with Crippen LogP contribution in [-0.2, 0) is 4.75 Å². The first kappa shape index (κ1) is 17.9. The van der Waals surface area contributed by atoms with Crippen LogP contribution in [0.4, 0.5) is 0 Å². The zero-order valence-electron chi connectivity index (χ0n) is 15.0. The molecule has 128 valence electrons. The topological polar surface area (TPSA) is 0 Å². The highest BCUT2D eigenvalue weighted by Gasteiger charge is 2.45. The highest BCUT2D eigenvalue weighted by molar-refractivity contribution is 8.03. The Morgan fingerprint density at radius 2 is 1.42 bits per heavy atom. The molecule has 0 bridgehead atoms. The summed E-state index contributed by atoms with van der Waals surface area (Å²) in [5, 5.41) is 0. The van der Waals surface area contributed by atoms with Crippen molar-refractivity contribution >= 4 is 23.5 Å². The van der Waals surface area contributed by atoms with E-state index >= 15 is 0 Å². The molecule has 0 fully saturated rings. The third-order valence-electron chi connectivity index (χ3n) is 4.96. The van der Waals surface area contributed by atoms with Gasteiger partial charge in [0.2, 0.25) is 0 Å². The van der Waals surface area contributed by atoms with Crippen molar-refractivity contribution in [1.82, 2.24) is 0 Å². The fourth-order valence-electron chi connectivity index (χ4n) is 3.78. The van der Waals surface area contributed by atoms with Gasteiger partial charge in [-0.05, 0) is 40.3 Å². The van der Waals surface area contributed by atoms with Crippen LogP contribution in [0.2, 0.25) is 0 Å². The van der Waals surface area contributed by atoms with Crippen LogP contribution in [0, 0.1) is 5.92 Å². The first-order chi connectivity index (χ1) is 11.7. The van der Waals surface area contributed by atoms with E-state index in [1.54, 1.807) is 0 Å². The number of hydrogen-bond donors (Lipinski definition) is 0. The van der Waals surface area contributed by atoms with E-state index in [2.05, 4.69) is 92.8 Å². The normalized spacial score (nSPS) is 14.7. The molecule has 0 saturated carbocycles. The third kappa shape index (κ3) is 3.15. The molecular formula is C22H28S2. The molecule has 2 heteroatoms. The first-order valence-electron chi connectivity index (χ1n) is 9.13. The van der Waals surface area contributed by atoms with Gasteiger partial charge in [0.05, 0.1) is 4.75 Å². The maximum atomic E-state index is 2.39. The predicted octanol–water partition coefficient (Wildman–Crippen LogP) is 6.83. The summed E-state index contributed by atoms with van der Waals surface area (Å²) in [6.07, 6.45) is 2.65. The lowest BCUT2D eigenvalue weighted by Crippen LogP contribution is -2.28. The maximum absolute atomic E-state index is 2.39. The van der Waals surface area contributed by atoms with Crippen molar-refractivity contribution in [3.8, 4) is 11.1 Å². The largest absolute Gasteiger partial charge is 0.161 e. The highest BCUT2D eigenvalue weighted by Crippen LogP contribution is 2.58. The molecule has 3 rings (SSSR count). The second kappa shape index (κ2) is 8.01. The number of benzene rings is 2. The zero-order valence-corrected chi connectivity index (χ0v) is 16.7. The van der Waals surface area contributed by atoms with Crippen LogP contribution >= 0.6 is 23.5 Å². The van der Waals surface area contributed by atoms with Crippen LogP contribution < -0.4 is 0 Å². The average molecular weight is 357 g/mol. The van der Waals surface area contributed by atoms with Crippen molar-refractivity contribution in [3.05, 3.63) is 59.7 Å². The van der Waals surface area contributed by atoms with Gasteiger partial charge in [0.15, 0.2) is 0 Å². The number of unbranched alkanes of at least 4 members (excludes halogenated alkanes) is 1. The summed E-state index contributed by atoms with van der Waals surface area (Å²) in [5.74, 6) is 4.35. The Bertz CT molecular complexity index is 630. The molecule has 0 saturated heterocycles. The summed E-state index contributed by atoms with van der Waals surface area (Å²) in [4.78, 5) is 0. The summed E-state index contributed by atoms with van der Waals surface area (Å²) in [6.45, 7) is 7.04. The molecule has 0 atom stereocenters. The van der Waals surface area contributed by atoms with Crippen molar-refractivity contribution in [3.63, 3.8) is 0 Å². The van der Waals surface area contributed by atoms with E-state index in [-0.39, 0.29) is 4.75 Å². The Morgan fingerprint density at radius 1 is 0.833 bits per heavy atom. The summed E-state index contributed by atoms with van der Waals surface area (Å²) < 4.78 is 0.110. The number of fused-ring (bicyclic) bond motifs is 3. The van der Waals surface area contributed by atoms with Gasteiger partial charge in [0.1, 0.15) is 0 Å². The predicted molar refractivity (Wildman–Crippen MR) is 112 cm³/mol. The molecule has 24 heavy (non-hydrogen) atoms. The zero-order chi connectivity index (χ0) is 17.0. The molecule has 0 spiro atoms. The first-order valence-corrected chi connectivity index (χ1v) is 11.3. The molecule has 0 unspecified atom stereocenters. The van der Waals surface area contributed by atoms with Crippen molar-refractivity contribution in [2.24, 2.45) is 5.92 Å². The monoisotopic (exact) mass is 356 g/mol. The summed E-state index contributed by atoms with van der Waals surface area (Å²) in [5.41, 5.74) is 5.91. The molecule has 0 N–H and O–H groups in total. The third-order valence-corrected chi connectivity index (χ3v) is 8.06. The highest BCUT2D eigenvalue weighted by atomic mass is 32.2. The fraction of sp³-hybridized carbons (Fsp3) is 0.455. The Morgan fingerprint density at radius 3 is 1.96 bits per heavy atom.